The van der Waals surface area contributed by atoms with Gasteiger partial charge in [-0.15, -0.1) is 0 Å². The summed E-state index contributed by atoms with van der Waals surface area (Å²) in [4.78, 5) is 0. The molecule has 1 fully saturated rings. The predicted molar refractivity (Wildman–Crippen MR) is 75.2 cm³/mol. The van der Waals surface area contributed by atoms with Crippen LogP contribution in [0.5, 0.6) is 0 Å². The first-order valence-corrected chi connectivity index (χ1v) is 6.79. The summed E-state index contributed by atoms with van der Waals surface area (Å²) >= 11 is 0. The molecule has 0 spiro atoms. The van der Waals surface area contributed by atoms with Crippen molar-refractivity contribution in [1.82, 2.24) is 0 Å². The first-order chi connectivity index (χ1) is 8.72. The van der Waals surface area contributed by atoms with Crippen LogP contribution in [0.1, 0.15) is 44.6 Å². The van der Waals surface area contributed by atoms with Crippen molar-refractivity contribution in [2.24, 2.45) is 5.92 Å². The first kappa shape index (κ1) is 12.8. The third kappa shape index (κ3) is 2.95. The fourth-order valence-electron chi connectivity index (χ4n) is 2.69. The van der Waals surface area contributed by atoms with Gasteiger partial charge in [-0.05, 0) is 49.8 Å². The molecule has 1 aromatic rings. The fraction of sp³-hybridized carbons (Fsp3) is 0.533. The topological polar surface area (TPSA) is 61.8 Å². The third-order valence-electron chi connectivity index (χ3n) is 3.97. The minimum atomic E-state index is 0.544. The fourth-order valence-corrected chi connectivity index (χ4v) is 2.69. The molecule has 3 nitrogen and oxygen atoms in total. The number of benzene rings is 1. The second kappa shape index (κ2) is 5.77. The van der Waals surface area contributed by atoms with Gasteiger partial charge in [0.25, 0.3) is 0 Å². The third-order valence-corrected chi connectivity index (χ3v) is 3.97. The van der Waals surface area contributed by atoms with Crippen LogP contribution in [0.15, 0.2) is 18.2 Å². The predicted octanol–water partition coefficient (Wildman–Crippen LogP) is 3.52. The van der Waals surface area contributed by atoms with Crippen LogP contribution in [0, 0.1) is 17.2 Å². The van der Waals surface area contributed by atoms with E-state index in [9.17, 15) is 0 Å². The van der Waals surface area contributed by atoms with Gasteiger partial charge in [-0.2, -0.15) is 5.26 Å². The zero-order chi connectivity index (χ0) is 13.0. The molecule has 2 rings (SSSR count). The molecule has 0 aromatic heterocycles. The standard InChI is InChI=1S/C15H21N3/c1-2-11-3-5-13(6-4-11)18-14-7-8-15(17)12(9-14)10-16/h7-9,11,13,18H,2-6,17H2,1H3. The highest BCUT2D eigenvalue weighted by Crippen LogP contribution is 2.29. The van der Waals surface area contributed by atoms with Gasteiger partial charge in [0, 0.05) is 17.4 Å². The Labute approximate surface area is 109 Å². The Morgan fingerprint density at radius 1 is 1.33 bits per heavy atom. The second-order valence-corrected chi connectivity index (χ2v) is 5.18. The molecule has 96 valence electrons. The summed E-state index contributed by atoms with van der Waals surface area (Å²) in [5.74, 6) is 0.907. The lowest BCUT2D eigenvalue weighted by molar-refractivity contribution is 0.330. The number of anilines is 2. The van der Waals surface area contributed by atoms with Gasteiger partial charge < -0.3 is 11.1 Å². The Hall–Kier alpha value is -1.69. The van der Waals surface area contributed by atoms with Gasteiger partial charge in [-0.3, -0.25) is 0 Å². The van der Waals surface area contributed by atoms with E-state index in [1.165, 1.54) is 32.1 Å². The molecule has 0 aliphatic heterocycles. The molecule has 1 aliphatic carbocycles. The molecule has 3 N–H and O–H groups in total. The molecule has 0 amide bonds. The van der Waals surface area contributed by atoms with Gasteiger partial charge >= 0.3 is 0 Å². The number of nitrogens with two attached hydrogens (primary N) is 1. The van der Waals surface area contributed by atoms with Crippen LogP contribution in [0.3, 0.4) is 0 Å². The van der Waals surface area contributed by atoms with Crippen molar-refractivity contribution in [2.75, 3.05) is 11.1 Å². The molecule has 1 saturated carbocycles. The summed E-state index contributed by atoms with van der Waals surface area (Å²) < 4.78 is 0. The highest BCUT2D eigenvalue weighted by Gasteiger charge is 2.19. The monoisotopic (exact) mass is 243 g/mol. The highest BCUT2D eigenvalue weighted by molar-refractivity contribution is 5.62. The molecule has 3 heteroatoms. The molecule has 0 atom stereocenters. The van der Waals surface area contributed by atoms with Crippen molar-refractivity contribution in [1.29, 1.82) is 5.26 Å². The SMILES string of the molecule is CCC1CCC(Nc2ccc(N)c(C#N)c2)CC1. The maximum atomic E-state index is 8.96. The van der Waals surface area contributed by atoms with Crippen LogP contribution >= 0.6 is 0 Å². The number of rotatable bonds is 3. The van der Waals surface area contributed by atoms with E-state index in [0.717, 1.165) is 11.6 Å². The number of nitriles is 1. The van der Waals surface area contributed by atoms with E-state index in [0.29, 0.717) is 17.3 Å². The van der Waals surface area contributed by atoms with Crippen molar-refractivity contribution < 1.29 is 0 Å². The highest BCUT2D eigenvalue weighted by atomic mass is 14.9. The molecule has 1 aliphatic rings. The smallest absolute Gasteiger partial charge is 0.101 e. The Morgan fingerprint density at radius 2 is 2.06 bits per heavy atom. The summed E-state index contributed by atoms with van der Waals surface area (Å²) in [7, 11) is 0. The molecule has 0 heterocycles. The van der Waals surface area contributed by atoms with Gasteiger partial charge in [0.1, 0.15) is 6.07 Å². The lowest BCUT2D eigenvalue weighted by Gasteiger charge is -2.29. The number of nitrogen functional groups attached to an aromatic ring is 1. The Balaban J connectivity index is 1.96. The number of nitrogens with one attached hydrogen (secondary N) is 1. The molecule has 18 heavy (non-hydrogen) atoms. The Kier molecular flexibility index (Phi) is 4.09. The van der Waals surface area contributed by atoms with Crippen LogP contribution in [0.4, 0.5) is 11.4 Å². The minimum absolute atomic E-state index is 0.544. The van der Waals surface area contributed by atoms with Gasteiger partial charge in [0.15, 0.2) is 0 Å². The molecular formula is C15H21N3. The number of nitrogens with zero attached hydrogens (tertiary/aromatic N) is 1. The van der Waals surface area contributed by atoms with E-state index in [-0.39, 0.29) is 0 Å². The van der Waals surface area contributed by atoms with Crippen LogP contribution in [-0.4, -0.2) is 6.04 Å². The average Bonchev–Trinajstić information content (AvgIpc) is 2.42. The van der Waals surface area contributed by atoms with Crippen LogP contribution in [-0.2, 0) is 0 Å². The quantitative estimate of drug-likeness (QED) is 0.798. The van der Waals surface area contributed by atoms with Crippen molar-refractivity contribution in [3.8, 4) is 6.07 Å². The number of hydrogen-bond acceptors (Lipinski definition) is 3. The largest absolute Gasteiger partial charge is 0.398 e. The summed E-state index contributed by atoms with van der Waals surface area (Å²) in [6.07, 6.45) is 6.38. The van der Waals surface area contributed by atoms with Gasteiger partial charge in [0.05, 0.1) is 5.56 Å². The van der Waals surface area contributed by atoms with E-state index in [1.807, 2.05) is 12.1 Å². The maximum Gasteiger partial charge on any atom is 0.101 e. The van der Waals surface area contributed by atoms with E-state index >= 15 is 0 Å². The zero-order valence-corrected chi connectivity index (χ0v) is 10.9. The molecule has 0 saturated heterocycles. The molecule has 1 aromatic carbocycles. The summed E-state index contributed by atoms with van der Waals surface area (Å²) in [6.45, 7) is 2.28. The lowest BCUT2D eigenvalue weighted by Crippen LogP contribution is -2.25. The minimum Gasteiger partial charge on any atom is -0.398 e. The first-order valence-electron chi connectivity index (χ1n) is 6.79. The zero-order valence-electron chi connectivity index (χ0n) is 10.9. The molecular weight excluding hydrogens is 222 g/mol. The van der Waals surface area contributed by atoms with E-state index in [4.69, 9.17) is 11.0 Å². The second-order valence-electron chi connectivity index (χ2n) is 5.18. The van der Waals surface area contributed by atoms with E-state index in [1.54, 1.807) is 6.07 Å². The van der Waals surface area contributed by atoms with Gasteiger partial charge in [0.2, 0.25) is 0 Å². The van der Waals surface area contributed by atoms with Crippen molar-refractivity contribution in [2.45, 2.75) is 45.1 Å². The van der Waals surface area contributed by atoms with Crippen LogP contribution < -0.4 is 11.1 Å². The molecule has 0 bridgehead atoms. The lowest BCUT2D eigenvalue weighted by atomic mass is 9.84. The van der Waals surface area contributed by atoms with Gasteiger partial charge in [-0.1, -0.05) is 13.3 Å². The Morgan fingerprint density at radius 3 is 2.67 bits per heavy atom. The molecule has 0 unspecified atom stereocenters. The maximum absolute atomic E-state index is 8.96. The van der Waals surface area contributed by atoms with Crippen molar-refractivity contribution in [3.63, 3.8) is 0 Å². The summed E-state index contributed by atoms with van der Waals surface area (Å²) in [5.41, 5.74) is 7.84. The van der Waals surface area contributed by atoms with Crippen LogP contribution in [0.2, 0.25) is 0 Å². The summed E-state index contributed by atoms with van der Waals surface area (Å²) in [6, 6.07) is 8.28. The summed E-state index contributed by atoms with van der Waals surface area (Å²) in [5, 5.41) is 12.5. The van der Waals surface area contributed by atoms with Crippen molar-refractivity contribution in [3.05, 3.63) is 23.8 Å². The number of hydrogen-bond donors (Lipinski definition) is 2. The van der Waals surface area contributed by atoms with Gasteiger partial charge in [-0.25, -0.2) is 0 Å². The Bertz CT molecular complexity index is 440. The van der Waals surface area contributed by atoms with Crippen molar-refractivity contribution >= 4 is 11.4 Å². The van der Waals surface area contributed by atoms with E-state index in [2.05, 4.69) is 18.3 Å². The van der Waals surface area contributed by atoms with Crippen LogP contribution in [0.25, 0.3) is 0 Å². The molecule has 0 radical (unpaired) electrons. The average molecular weight is 243 g/mol. The van der Waals surface area contributed by atoms with E-state index < -0.39 is 0 Å². The normalized spacial score (nSPS) is 23.3.